The second-order valence-corrected chi connectivity index (χ2v) is 5.98. The number of hydrogen-bond acceptors (Lipinski definition) is 10. The monoisotopic (exact) mass is 422 g/mol. The minimum absolute atomic E-state index is 0.0443. The van der Waals surface area contributed by atoms with Gasteiger partial charge in [0.2, 0.25) is 0 Å². The maximum atomic E-state index is 11.1. The molecule has 0 saturated carbocycles. The van der Waals surface area contributed by atoms with Gasteiger partial charge in [0.05, 0.1) is 42.3 Å². The number of carbonyl (C=O) groups excluding carboxylic acids is 1. The molecule has 0 bridgehead atoms. The largest absolute Gasteiger partial charge is 0.508 e. The van der Waals surface area contributed by atoms with E-state index >= 15 is 0 Å². The summed E-state index contributed by atoms with van der Waals surface area (Å²) in [5, 5.41) is 36.9. The van der Waals surface area contributed by atoms with E-state index < -0.39 is 11.1 Å². The number of nitrogens with zero attached hydrogens (tertiary/aromatic N) is 6. The van der Waals surface area contributed by atoms with Gasteiger partial charge in [-0.3, -0.25) is 10.1 Å². The molecule has 2 aromatic rings. The molecule has 0 N–H and O–H groups in total. The number of hydrogen-bond donors (Lipinski definition) is 0. The van der Waals surface area contributed by atoms with Gasteiger partial charge >= 0.3 is 6.16 Å². The van der Waals surface area contributed by atoms with E-state index in [9.17, 15) is 14.9 Å². The van der Waals surface area contributed by atoms with Crippen LogP contribution in [-0.4, -0.2) is 37.9 Å². The quantitative estimate of drug-likeness (QED) is 0.249. The van der Waals surface area contributed by atoms with Gasteiger partial charge in [-0.2, -0.15) is 15.6 Å². The molecule has 0 heterocycles. The molecule has 0 amide bonds. The first-order valence-corrected chi connectivity index (χ1v) is 9.01. The van der Waals surface area contributed by atoms with E-state index in [4.69, 9.17) is 15.3 Å². The molecule has 0 atom stereocenters. The molecule has 0 unspecified atom stereocenters. The highest BCUT2D eigenvalue weighted by molar-refractivity contribution is 5.60. The fourth-order valence-corrected chi connectivity index (χ4v) is 2.51. The summed E-state index contributed by atoms with van der Waals surface area (Å²) < 4.78 is 9.32. The van der Waals surface area contributed by atoms with Gasteiger partial charge < -0.3 is 14.4 Å². The van der Waals surface area contributed by atoms with Gasteiger partial charge in [-0.05, 0) is 30.3 Å². The van der Waals surface area contributed by atoms with Crippen molar-refractivity contribution in [3.05, 3.63) is 58.1 Å². The first kappa shape index (κ1) is 22.8. The Balaban J connectivity index is 2.12. The number of carbonyl (C=O) groups is 1. The normalized spacial score (nSPS) is 10.2. The number of azo groups is 1. The highest BCUT2D eigenvalue weighted by Crippen LogP contribution is 2.27. The third-order valence-corrected chi connectivity index (χ3v) is 4.04. The molecule has 2 aromatic carbocycles. The van der Waals surface area contributed by atoms with Crippen molar-refractivity contribution < 1.29 is 19.2 Å². The molecule has 31 heavy (non-hydrogen) atoms. The van der Waals surface area contributed by atoms with Crippen LogP contribution >= 0.6 is 0 Å². The summed E-state index contributed by atoms with van der Waals surface area (Å²) in [4.78, 5) is 23.2. The number of nitriles is 2. The van der Waals surface area contributed by atoms with Crippen molar-refractivity contribution in [1.29, 1.82) is 10.5 Å². The van der Waals surface area contributed by atoms with Crippen LogP contribution in [0.1, 0.15) is 12.0 Å². The Kier molecular flexibility index (Phi) is 8.44. The second-order valence-electron chi connectivity index (χ2n) is 5.98. The molecular formula is C20H18N6O5. The maximum absolute atomic E-state index is 11.1. The van der Waals surface area contributed by atoms with Crippen LogP contribution in [0.2, 0.25) is 0 Å². The third kappa shape index (κ3) is 6.80. The average Bonchev–Trinajstić information content (AvgIpc) is 2.79. The Morgan fingerprint density at radius 3 is 2.52 bits per heavy atom. The summed E-state index contributed by atoms with van der Waals surface area (Å²) in [6.45, 7) is 0.902. The summed E-state index contributed by atoms with van der Waals surface area (Å²) in [5.74, 6) is 0. The number of rotatable bonds is 9. The molecular weight excluding hydrogens is 404 g/mol. The first-order valence-electron chi connectivity index (χ1n) is 9.01. The van der Waals surface area contributed by atoms with E-state index in [-0.39, 0.29) is 30.0 Å². The topological polar surface area (TPSA) is 154 Å². The lowest BCUT2D eigenvalue weighted by atomic mass is 10.2. The average molecular weight is 422 g/mol. The molecule has 0 saturated heterocycles. The minimum atomic E-state index is -0.779. The summed E-state index contributed by atoms with van der Waals surface area (Å²) in [7, 11) is 1.22. The lowest BCUT2D eigenvalue weighted by Crippen LogP contribution is -2.29. The van der Waals surface area contributed by atoms with Crippen LogP contribution in [0.5, 0.6) is 0 Å². The van der Waals surface area contributed by atoms with Crippen LogP contribution in [0.3, 0.4) is 0 Å². The number of anilines is 1. The highest BCUT2D eigenvalue weighted by atomic mass is 16.7. The molecule has 0 spiro atoms. The fraction of sp³-hybridized carbons (Fsp3) is 0.250. The zero-order chi connectivity index (χ0) is 22.6. The van der Waals surface area contributed by atoms with Gasteiger partial charge in [0.1, 0.15) is 18.4 Å². The molecule has 0 aliphatic heterocycles. The molecule has 158 valence electrons. The fourth-order valence-electron chi connectivity index (χ4n) is 2.51. The third-order valence-electron chi connectivity index (χ3n) is 4.04. The van der Waals surface area contributed by atoms with E-state index in [0.29, 0.717) is 18.8 Å². The van der Waals surface area contributed by atoms with E-state index in [0.717, 1.165) is 11.8 Å². The van der Waals surface area contributed by atoms with Crippen LogP contribution in [-0.2, 0) is 9.47 Å². The molecule has 0 fully saturated rings. The van der Waals surface area contributed by atoms with Crippen LogP contribution in [0.4, 0.5) is 27.5 Å². The van der Waals surface area contributed by atoms with Gasteiger partial charge in [-0.15, -0.1) is 5.11 Å². The summed E-state index contributed by atoms with van der Waals surface area (Å²) >= 11 is 0. The maximum Gasteiger partial charge on any atom is 0.508 e. The van der Waals surface area contributed by atoms with Gasteiger partial charge in [0.25, 0.3) is 5.69 Å². The Bertz CT molecular complexity index is 1040. The Labute approximate surface area is 177 Å². The molecule has 0 radical (unpaired) electrons. The molecule has 11 heteroatoms. The first-order chi connectivity index (χ1) is 15.0. The lowest BCUT2D eigenvalue weighted by Gasteiger charge is -2.23. The molecule has 11 nitrogen and oxygen atoms in total. The van der Waals surface area contributed by atoms with Gasteiger partial charge in [0, 0.05) is 24.4 Å². The standard InChI is InChI=1S/C20H18N6O5/c1-30-20(27)31-12-11-25(10-2-9-21)17-5-3-16(4-6-17)23-24-19-8-7-18(26(28)29)13-15(19)14-22/h3-8,13H,2,10-12H2,1H3/b24-23+. The molecule has 0 aromatic heterocycles. The Morgan fingerprint density at radius 1 is 1.16 bits per heavy atom. The van der Waals surface area contributed by atoms with E-state index in [1.807, 2.05) is 11.0 Å². The summed E-state index contributed by atoms with van der Waals surface area (Å²) in [6.07, 6.45) is -0.490. The predicted octanol–water partition coefficient (Wildman–Crippen LogP) is 4.38. The number of non-ortho nitro benzene ring substituents is 1. The summed E-state index contributed by atoms with van der Waals surface area (Å²) in [6, 6.07) is 14.6. The highest BCUT2D eigenvalue weighted by Gasteiger charge is 2.11. The number of nitro benzene ring substituents is 1. The van der Waals surface area contributed by atoms with E-state index in [1.165, 1.54) is 19.2 Å². The van der Waals surface area contributed by atoms with Gasteiger partial charge in [-0.25, -0.2) is 4.79 Å². The van der Waals surface area contributed by atoms with E-state index in [1.54, 1.807) is 24.3 Å². The van der Waals surface area contributed by atoms with Crippen LogP contribution in [0.25, 0.3) is 0 Å². The van der Waals surface area contributed by atoms with Crippen molar-refractivity contribution in [2.75, 3.05) is 31.7 Å². The molecule has 0 aliphatic carbocycles. The van der Waals surface area contributed by atoms with Gasteiger partial charge in [0.15, 0.2) is 0 Å². The summed E-state index contributed by atoms with van der Waals surface area (Å²) in [5.41, 5.74) is 1.34. The van der Waals surface area contributed by atoms with Crippen molar-refractivity contribution >= 4 is 28.9 Å². The van der Waals surface area contributed by atoms with Crippen LogP contribution in [0.15, 0.2) is 52.7 Å². The Morgan fingerprint density at radius 2 is 1.90 bits per heavy atom. The number of ether oxygens (including phenoxy) is 2. The SMILES string of the molecule is COC(=O)OCCN(CCC#N)c1ccc(/N=N/c2ccc([N+](=O)[O-])cc2C#N)cc1. The van der Waals surface area contributed by atoms with Crippen LogP contribution < -0.4 is 4.90 Å². The van der Waals surface area contributed by atoms with Crippen molar-refractivity contribution in [2.45, 2.75) is 6.42 Å². The van der Waals surface area contributed by atoms with Gasteiger partial charge in [-0.1, -0.05) is 0 Å². The van der Waals surface area contributed by atoms with Crippen molar-refractivity contribution in [1.82, 2.24) is 0 Å². The van der Waals surface area contributed by atoms with Crippen LogP contribution in [0, 0.1) is 32.8 Å². The second kappa shape index (κ2) is 11.5. The van der Waals surface area contributed by atoms with Crippen molar-refractivity contribution in [2.24, 2.45) is 10.2 Å². The Hall–Kier alpha value is -4.51. The van der Waals surface area contributed by atoms with E-state index in [2.05, 4.69) is 21.0 Å². The zero-order valence-electron chi connectivity index (χ0n) is 16.6. The number of benzene rings is 2. The lowest BCUT2D eigenvalue weighted by molar-refractivity contribution is -0.384. The predicted molar refractivity (Wildman–Crippen MR) is 109 cm³/mol. The molecule has 0 aliphatic rings. The zero-order valence-corrected chi connectivity index (χ0v) is 16.6. The number of nitro groups is 1. The smallest absolute Gasteiger partial charge is 0.438 e. The number of methoxy groups -OCH3 is 1. The van der Waals surface area contributed by atoms with Crippen molar-refractivity contribution in [3.8, 4) is 12.1 Å². The molecule has 2 rings (SSSR count). The minimum Gasteiger partial charge on any atom is -0.438 e. The van der Waals surface area contributed by atoms with Crippen molar-refractivity contribution in [3.63, 3.8) is 0 Å².